The molecule has 0 fully saturated rings. The smallest absolute Gasteiger partial charge is 0.0654 e. The second-order valence-electron chi connectivity index (χ2n) is 4.69. The van der Waals surface area contributed by atoms with Gasteiger partial charge in [0.05, 0.1) is 13.2 Å². The van der Waals surface area contributed by atoms with Crippen molar-refractivity contribution in [1.82, 2.24) is 0 Å². The molecule has 0 N–H and O–H groups in total. The fourth-order valence-corrected chi connectivity index (χ4v) is 1.19. The van der Waals surface area contributed by atoms with E-state index in [0.29, 0.717) is 0 Å². The molecule has 0 aliphatic heterocycles. The molecule has 0 aliphatic rings. The molecule has 0 aromatic carbocycles. The van der Waals surface area contributed by atoms with Crippen molar-refractivity contribution < 1.29 is 4.74 Å². The molecule has 0 rings (SSSR count). The Hall–Kier alpha value is -0.820. The zero-order valence-corrected chi connectivity index (χ0v) is 11.5. The van der Waals surface area contributed by atoms with Crippen molar-refractivity contribution in [3.05, 3.63) is 34.9 Å². The van der Waals surface area contributed by atoms with Crippen LogP contribution in [0.1, 0.15) is 47.5 Å². The molecule has 0 atom stereocenters. The largest absolute Gasteiger partial charge is 0.373 e. The van der Waals surface area contributed by atoms with Crippen molar-refractivity contribution in [2.75, 3.05) is 13.2 Å². The van der Waals surface area contributed by atoms with E-state index in [4.69, 9.17) is 4.74 Å². The van der Waals surface area contributed by atoms with Gasteiger partial charge in [0.1, 0.15) is 0 Å². The molecular weight excluding hydrogens is 196 g/mol. The van der Waals surface area contributed by atoms with E-state index in [1.807, 2.05) is 0 Å². The minimum Gasteiger partial charge on any atom is -0.373 e. The van der Waals surface area contributed by atoms with Crippen LogP contribution in [0, 0.1) is 0 Å². The van der Waals surface area contributed by atoms with Crippen LogP contribution in [0.15, 0.2) is 34.9 Å². The van der Waals surface area contributed by atoms with E-state index < -0.39 is 0 Å². The highest BCUT2D eigenvalue weighted by molar-refractivity contribution is 5.02. The number of rotatable bonds is 7. The predicted octanol–water partition coefficient (Wildman–Crippen LogP) is 4.66. The van der Waals surface area contributed by atoms with Crippen LogP contribution in [0.4, 0.5) is 0 Å². The second kappa shape index (κ2) is 9.41. The first-order chi connectivity index (χ1) is 7.52. The molecular formula is C15H26O. The quantitative estimate of drug-likeness (QED) is 0.449. The lowest BCUT2D eigenvalue weighted by Gasteiger charge is -2.00. The van der Waals surface area contributed by atoms with Crippen LogP contribution in [-0.4, -0.2) is 13.2 Å². The van der Waals surface area contributed by atoms with E-state index in [9.17, 15) is 0 Å². The Morgan fingerprint density at radius 2 is 1.38 bits per heavy atom. The van der Waals surface area contributed by atoms with Gasteiger partial charge in [0.25, 0.3) is 0 Å². The third kappa shape index (κ3) is 11.3. The molecule has 92 valence electrons. The molecule has 0 spiro atoms. The number of allylic oxidation sites excluding steroid dienone is 4. The van der Waals surface area contributed by atoms with Crippen LogP contribution in [0.2, 0.25) is 0 Å². The van der Waals surface area contributed by atoms with Gasteiger partial charge in [0, 0.05) is 0 Å². The first-order valence-electron chi connectivity index (χ1n) is 6.02. The Bertz CT molecular complexity index is 261. The lowest BCUT2D eigenvalue weighted by molar-refractivity contribution is 0.193. The molecule has 0 amide bonds. The van der Waals surface area contributed by atoms with E-state index in [2.05, 4.69) is 52.8 Å². The molecule has 0 aromatic rings. The summed E-state index contributed by atoms with van der Waals surface area (Å²) in [4.78, 5) is 0. The van der Waals surface area contributed by atoms with Gasteiger partial charge in [0.15, 0.2) is 0 Å². The molecule has 1 nitrogen and oxygen atoms in total. The van der Waals surface area contributed by atoms with Crippen molar-refractivity contribution >= 4 is 0 Å². The number of hydrogen-bond acceptors (Lipinski definition) is 1. The maximum Gasteiger partial charge on any atom is 0.0654 e. The number of hydrogen-bond donors (Lipinski definition) is 0. The zero-order valence-electron chi connectivity index (χ0n) is 11.5. The molecule has 1 heteroatoms. The molecule has 0 bridgehead atoms. The topological polar surface area (TPSA) is 9.23 Å². The van der Waals surface area contributed by atoms with Gasteiger partial charge < -0.3 is 4.74 Å². The average molecular weight is 222 g/mol. The SMILES string of the molecule is CC(C)=CCCC(C)=CCOCC=C(C)C. The van der Waals surface area contributed by atoms with E-state index in [0.717, 1.165) is 26.1 Å². The standard InChI is InChI=1S/C15H26O/c1-13(2)7-6-8-15(5)10-12-16-11-9-14(3)4/h7,9-10H,6,8,11-12H2,1-5H3. The Balaban J connectivity index is 3.63. The summed E-state index contributed by atoms with van der Waals surface area (Å²) in [5, 5.41) is 0. The van der Waals surface area contributed by atoms with E-state index in [1.54, 1.807) is 0 Å². The summed E-state index contributed by atoms with van der Waals surface area (Å²) in [5.74, 6) is 0. The Morgan fingerprint density at radius 3 is 1.94 bits per heavy atom. The van der Waals surface area contributed by atoms with Crippen molar-refractivity contribution in [2.24, 2.45) is 0 Å². The van der Waals surface area contributed by atoms with Crippen molar-refractivity contribution in [2.45, 2.75) is 47.5 Å². The molecule has 0 saturated heterocycles. The minimum absolute atomic E-state index is 0.722. The first kappa shape index (κ1) is 15.2. The van der Waals surface area contributed by atoms with Crippen molar-refractivity contribution in [3.63, 3.8) is 0 Å². The maximum absolute atomic E-state index is 5.47. The van der Waals surface area contributed by atoms with E-state index in [1.165, 1.54) is 16.7 Å². The van der Waals surface area contributed by atoms with Gasteiger partial charge in [0.2, 0.25) is 0 Å². The van der Waals surface area contributed by atoms with Gasteiger partial charge >= 0.3 is 0 Å². The van der Waals surface area contributed by atoms with Gasteiger partial charge in [-0.25, -0.2) is 0 Å². The molecule has 0 aliphatic carbocycles. The molecule has 16 heavy (non-hydrogen) atoms. The summed E-state index contributed by atoms with van der Waals surface area (Å²) < 4.78 is 5.47. The normalized spacial score (nSPS) is 11.2. The Kier molecular flexibility index (Phi) is 8.93. The average Bonchev–Trinajstić information content (AvgIpc) is 2.16. The zero-order chi connectivity index (χ0) is 12.4. The monoisotopic (exact) mass is 222 g/mol. The van der Waals surface area contributed by atoms with Crippen molar-refractivity contribution in [1.29, 1.82) is 0 Å². The summed E-state index contributed by atoms with van der Waals surface area (Å²) in [5.41, 5.74) is 4.12. The van der Waals surface area contributed by atoms with Gasteiger partial charge in [-0.2, -0.15) is 0 Å². The third-order valence-corrected chi connectivity index (χ3v) is 2.25. The van der Waals surface area contributed by atoms with Crippen LogP contribution < -0.4 is 0 Å². The highest BCUT2D eigenvalue weighted by Crippen LogP contribution is 2.06. The van der Waals surface area contributed by atoms with E-state index >= 15 is 0 Å². The van der Waals surface area contributed by atoms with Crippen LogP contribution >= 0.6 is 0 Å². The lowest BCUT2D eigenvalue weighted by Crippen LogP contribution is -1.92. The van der Waals surface area contributed by atoms with Crippen LogP contribution in [0.3, 0.4) is 0 Å². The predicted molar refractivity (Wildman–Crippen MR) is 72.7 cm³/mol. The van der Waals surface area contributed by atoms with Gasteiger partial charge in [-0.05, 0) is 47.5 Å². The summed E-state index contributed by atoms with van der Waals surface area (Å²) in [7, 11) is 0. The fraction of sp³-hybridized carbons (Fsp3) is 0.600. The van der Waals surface area contributed by atoms with E-state index in [-0.39, 0.29) is 0 Å². The van der Waals surface area contributed by atoms with Crippen LogP contribution in [0.5, 0.6) is 0 Å². The minimum atomic E-state index is 0.722. The maximum atomic E-state index is 5.47. The lowest BCUT2D eigenvalue weighted by atomic mass is 10.1. The number of ether oxygens (including phenoxy) is 1. The third-order valence-electron chi connectivity index (χ3n) is 2.25. The molecule has 0 unspecified atom stereocenters. The van der Waals surface area contributed by atoms with Gasteiger partial charge in [-0.1, -0.05) is 34.9 Å². The van der Waals surface area contributed by atoms with Gasteiger partial charge in [-0.15, -0.1) is 0 Å². The first-order valence-corrected chi connectivity index (χ1v) is 6.02. The van der Waals surface area contributed by atoms with Crippen LogP contribution in [0.25, 0.3) is 0 Å². The summed E-state index contributed by atoms with van der Waals surface area (Å²) in [6.45, 7) is 12.1. The molecule has 0 radical (unpaired) electrons. The second-order valence-corrected chi connectivity index (χ2v) is 4.69. The summed E-state index contributed by atoms with van der Waals surface area (Å²) >= 11 is 0. The van der Waals surface area contributed by atoms with Gasteiger partial charge in [-0.3, -0.25) is 0 Å². The Morgan fingerprint density at radius 1 is 0.812 bits per heavy atom. The molecule has 0 saturated carbocycles. The highest BCUT2D eigenvalue weighted by Gasteiger charge is 1.89. The molecule has 0 heterocycles. The van der Waals surface area contributed by atoms with Crippen LogP contribution in [-0.2, 0) is 4.74 Å². The summed E-state index contributed by atoms with van der Waals surface area (Å²) in [6.07, 6.45) is 8.83. The Labute approximate surface area is 101 Å². The summed E-state index contributed by atoms with van der Waals surface area (Å²) in [6, 6.07) is 0. The van der Waals surface area contributed by atoms with Crippen molar-refractivity contribution in [3.8, 4) is 0 Å². The fourth-order valence-electron chi connectivity index (χ4n) is 1.19. The molecule has 0 aromatic heterocycles. The highest BCUT2D eigenvalue weighted by atomic mass is 16.5.